The van der Waals surface area contributed by atoms with Crippen molar-refractivity contribution < 1.29 is 14.0 Å². The fraction of sp³-hybridized carbons (Fsp3) is 0.333. The van der Waals surface area contributed by atoms with Crippen LogP contribution in [0.15, 0.2) is 18.2 Å². The summed E-state index contributed by atoms with van der Waals surface area (Å²) in [6.45, 7) is 1.70. The summed E-state index contributed by atoms with van der Waals surface area (Å²) in [4.78, 5) is 23.9. The first kappa shape index (κ1) is 12.5. The predicted molar refractivity (Wildman–Crippen MR) is 64.4 cm³/mol. The molecule has 1 fully saturated rings. The minimum Gasteiger partial charge on any atom is -0.351 e. The molecule has 1 atom stereocenters. The van der Waals surface area contributed by atoms with Crippen LogP contribution in [0.5, 0.6) is 0 Å². The quantitative estimate of drug-likeness (QED) is 0.742. The van der Waals surface area contributed by atoms with E-state index in [1.807, 2.05) is 0 Å². The number of carbonyl (C=O) groups excluding carboxylic acids is 2. The van der Waals surface area contributed by atoms with Crippen molar-refractivity contribution in [3.8, 4) is 0 Å². The molecule has 96 valence electrons. The average molecular weight is 251 g/mol. The molecule has 0 unspecified atom stereocenters. The van der Waals surface area contributed by atoms with Crippen LogP contribution < -0.4 is 16.0 Å². The number of anilines is 1. The normalized spacial score (nSPS) is 17.6. The molecule has 1 heterocycles. The number of nitrogens with two attached hydrogens (primary N) is 1. The molecule has 0 saturated carbocycles. The van der Waals surface area contributed by atoms with Gasteiger partial charge in [-0.15, -0.1) is 0 Å². The molecule has 0 aliphatic carbocycles. The van der Waals surface area contributed by atoms with E-state index in [2.05, 4.69) is 5.32 Å². The average Bonchev–Trinajstić information content (AvgIpc) is 2.27. The van der Waals surface area contributed by atoms with Gasteiger partial charge in [0.1, 0.15) is 5.82 Å². The molecule has 1 aliphatic rings. The largest absolute Gasteiger partial charge is 0.351 e. The summed E-state index contributed by atoms with van der Waals surface area (Å²) in [6, 6.07) is 4.30. The van der Waals surface area contributed by atoms with Crippen LogP contribution in [0.3, 0.4) is 0 Å². The number of halogens is 1. The van der Waals surface area contributed by atoms with Crippen molar-refractivity contribution in [1.29, 1.82) is 0 Å². The van der Waals surface area contributed by atoms with Crippen LogP contribution in [0.2, 0.25) is 0 Å². The minimum absolute atomic E-state index is 0.0276. The number of piperazine rings is 1. The first-order valence-electron chi connectivity index (χ1n) is 5.60. The van der Waals surface area contributed by atoms with Crippen LogP contribution in [0.1, 0.15) is 18.5 Å². The third-order valence-corrected chi connectivity index (χ3v) is 2.79. The number of benzene rings is 1. The lowest BCUT2D eigenvalue weighted by atomic mass is 10.1. The third kappa shape index (κ3) is 2.48. The van der Waals surface area contributed by atoms with Crippen molar-refractivity contribution in [1.82, 2.24) is 5.32 Å². The van der Waals surface area contributed by atoms with Crippen molar-refractivity contribution in [3.05, 3.63) is 29.6 Å². The standard InChI is InChI=1S/C12H14FN3O2/c1-7(14)8-2-3-10(9(13)4-8)16-5-11(17)15-12(18)6-16/h2-4,7H,5-6,14H2,1H3,(H,15,17,18)/t7-/m0/s1. The Kier molecular flexibility index (Phi) is 3.29. The molecule has 0 aromatic heterocycles. The molecular formula is C12H14FN3O2. The molecule has 1 aromatic rings. The number of amides is 2. The molecule has 1 aromatic carbocycles. The zero-order valence-corrected chi connectivity index (χ0v) is 9.94. The monoisotopic (exact) mass is 251 g/mol. The number of hydrogen-bond acceptors (Lipinski definition) is 4. The van der Waals surface area contributed by atoms with Crippen molar-refractivity contribution in [3.63, 3.8) is 0 Å². The van der Waals surface area contributed by atoms with E-state index in [0.29, 0.717) is 5.56 Å². The number of rotatable bonds is 2. The first-order valence-corrected chi connectivity index (χ1v) is 5.60. The van der Waals surface area contributed by atoms with Gasteiger partial charge in [-0.3, -0.25) is 14.9 Å². The molecule has 0 spiro atoms. The van der Waals surface area contributed by atoms with Crippen LogP contribution in [0, 0.1) is 5.82 Å². The fourth-order valence-corrected chi connectivity index (χ4v) is 1.87. The summed E-state index contributed by atoms with van der Waals surface area (Å²) >= 11 is 0. The molecule has 2 rings (SSSR count). The van der Waals surface area contributed by atoms with Gasteiger partial charge in [0, 0.05) is 6.04 Å². The Morgan fingerprint density at radius 3 is 2.44 bits per heavy atom. The van der Waals surface area contributed by atoms with E-state index in [4.69, 9.17) is 5.73 Å². The number of carbonyl (C=O) groups is 2. The summed E-state index contributed by atoms with van der Waals surface area (Å²) in [5.74, 6) is -1.34. The van der Waals surface area contributed by atoms with Crippen molar-refractivity contribution in [2.45, 2.75) is 13.0 Å². The van der Waals surface area contributed by atoms with Gasteiger partial charge in [-0.1, -0.05) is 6.07 Å². The second kappa shape index (κ2) is 4.73. The SMILES string of the molecule is C[C@H](N)c1ccc(N2CC(=O)NC(=O)C2)c(F)c1. The fourth-order valence-electron chi connectivity index (χ4n) is 1.87. The zero-order chi connectivity index (χ0) is 13.3. The van der Waals surface area contributed by atoms with Crippen LogP contribution in [0.25, 0.3) is 0 Å². The second-order valence-electron chi connectivity index (χ2n) is 4.33. The van der Waals surface area contributed by atoms with E-state index in [1.54, 1.807) is 19.1 Å². The Morgan fingerprint density at radius 1 is 1.33 bits per heavy atom. The summed E-state index contributed by atoms with van der Waals surface area (Å²) in [5, 5.41) is 2.17. The van der Waals surface area contributed by atoms with Gasteiger partial charge in [0.15, 0.2) is 0 Å². The number of nitrogens with one attached hydrogen (secondary N) is 1. The van der Waals surface area contributed by atoms with Crippen LogP contribution >= 0.6 is 0 Å². The van der Waals surface area contributed by atoms with E-state index in [1.165, 1.54) is 11.0 Å². The van der Waals surface area contributed by atoms with Crippen LogP contribution in [-0.4, -0.2) is 24.9 Å². The Bertz CT molecular complexity index is 486. The first-order chi connectivity index (χ1) is 8.47. The highest BCUT2D eigenvalue weighted by Gasteiger charge is 2.24. The number of imide groups is 1. The number of hydrogen-bond donors (Lipinski definition) is 2. The maximum absolute atomic E-state index is 13.9. The molecule has 0 radical (unpaired) electrons. The molecule has 0 bridgehead atoms. The molecule has 5 nitrogen and oxygen atoms in total. The van der Waals surface area contributed by atoms with Crippen molar-refractivity contribution >= 4 is 17.5 Å². The van der Waals surface area contributed by atoms with Gasteiger partial charge in [-0.25, -0.2) is 4.39 Å². The van der Waals surface area contributed by atoms with Crippen molar-refractivity contribution in [2.24, 2.45) is 5.73 Å². The van der Waals surface area contributed by atoms with Gasteiger partial charge in [0.2, 0.25) is 11.8 Å². The Hall–Kier alpha value is -1.95. The highest BCUT2D eigenvalue weighted by atomic mass is 19.1. The highest BCUT2D eigenvalue weighted by molar-refractivity contribution is 6.02. The maximum Gasteiger partial charge on any atom is 0.246 e. The molecule has 6 heteroatoms. The van der Waals surface area contributed by atoms with Gasteiger partial charge < -0.3 is 10.6 Å². The van der Waals surface area contributed by atoms with E-state index in [-0.39, 0.29) is 24.8 Å². The van der Waals surface area contributed by atoms with Gasteiger partial charge in [-0.05, 0) is 24.6 Å². The van der Waals surface area contributed by atoms with Crippen molar-refractivity contribution in [2.75, 3.05) is 18.0 Å². The third-order valence-electron chi connectivity index (χ3n) is 2.79. The maximum atomic E-state index is 13.9. The number of nitrogens with zero attached hydrogens (tertiary/aromatic N) is 1. The van der Waals surface area contributed by atoms with Gasteiger partial charge >= 0.3 is 0 Å². The zero-order valence-electron chi connectivity index (χ0n) is 9.94. The summed E-state index contributed by atoms with van der Waals surface area (Å²) in [7, 11) is 0. The lowest BCUT2D eigenvalue weighted by Crippen LogP contribution is -2.51. The topological polar surface area (TPSA) is 75.4 Å². The van der Waals surface area contributed by atoms with E-state index in [9.17, 15) is 14.0 Å². The molecule has 1 aliphatic heterocycles. The van der Waals surface area contributed by atoms with E-state index >= 15 is 0 Å². The van der Waals surface area contributed by atoms with Crippen LogP contribution in [-0.2, 0) is 9.59 Å². The Balaban J connectivity index is 2.28. The van der Waals surface area contributed by atoms with Gasteiger partial charge in [0.05, 0.1) is 18.8 Å². The lowest BCUT2D eigenvalue weighted by molar-refractivity contribution is -0.130. The predicted octanol–water partition coefficient (Wildman–Crippen LogP) is 0.308. The summed E-state index contributed by atoms with van der Waals surface area (Å²) in [6.07, 6.45) is 0. The molecule has 3 N–H and O–H groups in total. The lowest BCUT2D eigenvalue weighted by Gasteiger charge is -2.28. The van der Waals surface area contributed by atoms with Gasteiger partial charge in [0.25, 0.3) is 0 Å². The molecule has 1 saturated heterocycles. The summed E-state index contributed by atoms with van der Waals surface area (Å²) < 4.78 is 13.9. The molecule has 18 heavy (non-hydrogen) atoms. The molecular weight excluding hydrogens is 237 g/mol. The Morgan fingerprint density at radius 2 is 1.94 bits per heavy atom. The summed E-state index contributed by atoms with van der Waals surface area (Å²) in [5.41, 5.74) is 6.57. The highest BCUT2D eigenvalue weighted by Crippen LogP contribution is 2.23. The molecule has 2 amide bonds. The van der Waals surface area contributed by atoms with E-state index < -0.39 is 17.6 Å². The van der Waals surface area contributed by atoms with Crippen LogP contribution in [0.4, 0.5) is 10.1 Å². The second-order valence-corrected chi connectivity index (χ2v) is 4.33. The van der Waals surface area contributed by atoms with Gasteiger partial charge in [-0.2, -0.15) is 0 Å². The smallest absolute Gasteiger partial charge is 0.246 e. The minimum atomic E-state index is -0.479. The van der Waals surface area contributed by atoms with E-state index in [0.717, 1.165) is 0 Å². The Labute approximate surface area is 104 Å².